The Morgan fingerprint density at radius 1 is 1.19 bits per heavy atom. The van der Waals surface area contributed by atoms with Gasteiger partial charge < -0.3 is 5.32 Å². The summed E-state index contributed by atoms with van der Waals surface area (Å²) in [6.45, 7) is 0.949. The van der Waals surface area contributed by atoms with Gasteiger partial charge in [-0.25, -0.2) is 0 Å². The molecule has 1 aromatic rings. The first-order chi connectivity index (χ1) is 7.66. The first kappa shape index (κ1) is 12.7. The molecule has 1 saturated heterocycles. The number of halogens is 3. The second kappa shape index (κ2) is 5.72. The van der Waals surface area contributed by atoms with Gasteiger partial charge in [0.2, 0.25) is 0 Å². The van der Waals surface area contributed by atoms with Crippen molar-refractivity contribution in [3.8, 4) is 0 Å². The van der Waals surface area contributed by atoms with E-state index in [0.717, 1.165) is 18.2 Å². The fourth-order valence-electron chi connectivity index (χ4n) is 1.66. The minimum Gasteiger partial charge on any atom is -0.383 e. The van der Waals surface area contributed by atoms with Gasteiger partial charge in [0.15, 0.2) is 0 Å². The lowest BCUT2D eigenvalue weighted by Crippen LogP contribution is -2.13. The van der Waals surface area contributed by atoms with E-state index in [1.165, 1.54) is 17.9 Å². The monoisotopic (exact) mass is 295 g/mol. The molecule has 1 N–H and O–H groups in total. The van der Waals surface area contributed by atoms with E-state index in [2.05, 4.69) is 5.32 Å². The van der Waals surface area contributed by atoms with E-state index in [1.54, 1.807) is 12.1 Å². The number of anilines is 1. The number of hydrogen-bond donors (Lipinski definition) is 1. The molecule has 5 heteroatoms. The predicted molar refractivity (Wildman–Crippen MR) is 75.4 cm³/mol. The zero-order chi connectivity index (χ0) is 11.5. The lowest BCUT2D eigenvalue weighted by molar-refractivity contribution is 0.632. The molecular formula is C11H12Cl3NS. The van der Waals surface area contributed by atoms with E-state index in [-0.39, 0.29) is 0 Å². The Hall–Kier alpha value is 0.240. The number of rotatable bonds is 3. The van der Waals surface area contributed by atoms with Crippen molar-refractivity contribution in [2.24, 2.45) is 5.92 Å². The quantitative estimate of drug-likeness (QED) is 0.803. The summed E-state index contributed by atoms with van der Waals surface area (Å²) in [4.78, 5) is 0. The van der Waals surface area contributed by atoms with Crippen molar-refractivity contribution in [3.05, 3.63) is 27.2 Å². The third-order valence-electron chi connectivity index (χ3n) is 2.62. The number of hydrogen-bond acceptors (Lipinski definition) is 2. The van der Waals surface area contributed by atoms with Crippen LogP contribution in [0.3, 0.4) is 0 Å². The third-order valence-corrected chi connectivity index (χ3v) is 4.88. The van der Waals surface area contributed by atoms with Crippen LogP contribution < -0.4 is 5.32 Å². The fourth-order valence-corrected chi connectivity index (χ4v) is 3.55. The standard InChI is InChI=1S/C11H12Cl3NS/c12-8-3-10(14)11(4-9(8)13)15-5-7-1-2-16-6-7/h3-4,7,15H,1-2,5-6H2. The van der Waals surface area contributed by atoms with E-state index in [4.69, 9.17) is 34.8 Å². The highest BCUT2D eigenvalue weighted by molar-refractivity contribution is 7.99. The Kier molecular flexibility index (Phi) is 4.54. The van der Waals surface area contributed by atoms with Crippen LogP contribution >= 0.6 is 46.6 Å². The molecule has 0 bridgehead atoms. The molecule has 1 heterocycles. The van der Waals surface area contributed by atoms with Crippen molar-refractivity contribution in [2.45, 2.75) is 6.42 Å². The van der Waals surface area contributed by atoms with E-state index >= 15 is 0 Å². The minimum atomic E-state index is 0.494. The van der Waals surface area contributed by atoms with E-state index in [9.17, 15) is 0 Å². The molecule has 1 unspecified atom stereocenters. The summed E-state index contributed by atoms with van der Waals surface area (Å²) in [7, 11) is 0. The Morgan fingerprint density at radius 2 is 1.94 bits per heavy atom. The van der Waals surface area contributed by atoms with E-state index < -0.39 is 0 Å². The third kappa shape index (κ3) is 3.13. The molecule has 0 spiro atoms. The van der Waals surface area contributed by atoms with Crippen LogP contribution in [0.4, 0.5) is 5.69 Å². The molecule has 0 amide bonds. The number of benzene rings is 1. The maximum atomic E-state index is 6.08. The zero-order valence-corrected chi connectivity index (χ0v) is 11.7. The minimum absolute atomic E-state index is 0.494. The predicted octanol–water partition coefficient (Wildman–Crippen LogP) is 4.81. The molecule has 0 radical (unpaired) electrons. The fraction of sp³-hybridized carbons (Fsp3) is 0.455. The first-order valence-corrected chi connectivity index (χ1v) is 7.42. The van der Waals surface area contributed by atoms with Gasteiger partial charge in [0.1, 0.15) is 0 Å². The van der Waals surface area contributed by atoms with Gasteiger partial charge in [-0.2, -0.15) is 11.8 Å². The molecule has 1 atom stereocenters. The van der Waals surface area contributed by atoms with Gasteiger partial charge in [0.25, 0.3) is 0 Å². The molecule has 2 rings (SSSR count). The van der Waals surface area contributed by atoms with Gasteiger partial charge in [0, 0.05) is 6.54 Å². The molecule has 16 heavy (non-hydrogen) atoms. The maximum absolute atomic E-state index is 6.08. The summed E-state index contributed by atoms with van der Waals surface area (Å²) in [6.07, 6.45) is 1.27. The molecule has 0 aromatic heterocycles. The number of thioether (sulfide) groups is 1. The molecule has 1 aromatic carbocycles. The summed E-state index contributed by atoms with van der Waals surface area (Å²) in [5.74, 6) is 3.23. The van der Waals surface area contributed by atoms with Crippen molar-refractivity contribution < 1.29 is 0 Å². The maximum Gasteiger partial charge on any atom is 0.0653 e. The highest BCUT2D eigenvalue weighted by atomic mass is 35.5. The van der Waals surface area contributed by atoms with Crippen molar-refractivity contribution in [1.29, 1.82) is 0 Å². The molecule has 1 nitrogen and oxygen atoms in total. The van der Waals surface area contributed by atoms with Crippen LogP contribution in [-0.2, 0) is 0 Å². The SMILES string of the molecule is Clc1cc(Cl)c(NCC2CCSC2)cc1Cl. The summed E-state index contributed by atoms with van der Waals surface area (Å²) in [6, 6.07) is 3.46. The van der Waals surface area contributed by atoms with Crippen LogP contribution in [0.15, 0.2) is 12.1 Å². The Labute approximate surface area is 115 Å². The zero-order valence-electron chi connectivity index (χ0n) is 8.60. The van der Waals surface area contributed by atoms with Crippen LogP contribution in [0.25, 0.3) is 0 Å². The highest BCUT2D eigenvalue weighted by Crippen LogP contribution is 2.33. The smallest absolute Gasteiger partial charge is 0.0653 e. The molecular weight excluding hydrogens is 285 g/mol. The molecule has 1 fully saturated rings. The largest absolute Gasteiger partial charge is 0.383 e. The van der Waals surface area contributed by atoms with Crippen LogP contribution in [0.5, 0.6) is 0 Å². The summed E-state index contributed by atoms with van der Waals surface area (Å²) < 4.78 is 0. The number of nitrogens with one attached hydrogen (secondary N) is 1. The van der Waals surface area contributed by atoms with Gasteiger partial charge in [0.05, 0.1) is 20.8 Å². The van der Waals surface area contributed by atoms with Crippen molar-refractivity contribution in [3.63, 3.8) is 0 Å². The van der Waals surface area contributed by atoms with E-state index in [1.807, 2.05) is 11.8 Å². The summed E-state index contributed by atoms with van der Waals surface area (Å²) >= 11 is 19.9. The average Bonchev–Trinajstić information content (AvgIpc) is 2.74. The van der Waals surface area contributed by atoms with Crippen LogP contribution in [0.2, 0.25) is 15.1 Å². The Balaban J connectivity index is 2.00. The van der Waals surface area contributed by atoms with Crippen LogP contribution in [0, 0.1) is 5.92 Å². The van der Waals surface area contributed by atoms with E-state index in [0.29, 0.717) is 15.1 Å². The molecule has 1 aliphatic heterocycles. The van der Waals surface area contributed by atoms with Crippen LogP contribution in [-0.4, -0.2) is 18.1 Å². The van der Waals surface area contributed by atoms with Crippen molar-refractivity contribution in [2.75, 3.05) is 23.4 Å². The highest BCUT2D eigenvalue weighted by Gasteiger charge is 2.15. The van der Waals surface area contributed by atoms with Gasteiger partial charge in [-0.3, -0.25) is 0 Å². The lowest BCUT2D eigenvalue weighted by Gasteiger charge is -2.13. The molecule has 88 valence electrons. The topological polar surface area (TPSA) is 12.0 Å². The summed E-state index contributed by atoms with van der Waals surface area (Å²) in [5.41, 5.74) is 0.868. The van der Waals surface area contributed by atoms with Gasteiger partial charge in [-0.15, -0.1) is 0 Å². The summed E-state index contributed by atoms with van der Waals surface area (Å²) in [5, 5.41) is 4.99. The molecule has 0 aliphatic carbocycles. The Morgan fingerprint density at radius 3 is 2.62 bits per heavy atom. The molecule has 0 saturated carbocycles. The first-order valence-electron chi connectivity index (χ1n) is 5.13. The lowest BCUT2D eigenvalue weighted by atomic mass is 10.1. The van der Waals surface area contributed by atoms with Gasteiger partial charge >= 0.3 is 0 Å². The van der Waals surface area contributed by atoms with Gasteiger partial charge in [-0.05, 0) is 36.0 Å². The Bertz CT molecular complexity index is 378. The van der Waals surface area contributed by atoms with Crippen molar-refractivity contribution >= 4 is 52.3 Å². The second-order valence-electron chi connectivity index (χ2n) is 3.86. The van der Waals surface area contributed by atoms with Crippen molar-refractivity contribution in [1.82, 2.24) is 0 Å². The molecule has 1 aliphatic rings. The normalized spacial score (nSPS) is 20.1. The van der Waals surface area contributed by atoms with Crippen LogP contribution in [0.1, 0.15) is 6.42 Å². The average molecular weight is 297 g/mol. The van der Waals surface area contributed by atoms with Gasteiger partial charge in [-0.1, -0.05) is 34.8 Å². The second-order valence-corrected chi connectivity index (χ2v) is 6.23.